The zero-order valence-electron chi connectivity index (χ0n) is 11.8. The van der Waals surface area contributed by atoms with Gasteiger partial charge >= 0.3 is 6.36 Å². The van der Waals surface area contributed by atoms with Gasteiger partial charge in [-0.25, -0.2) is 5.10 Å². The summed E-state index contributed by atoms with van der Waals surface area (Å²) in [5.41, 5.74) is 0.167. The fraction of sp³-hybridized carbons (Fsp3) is 0.214. The molecule has 0 saturated carbocycles. The number of benzene rings is 1. The monoisotopic (exact) mass is 327 g/mol. The van der Waals surface area contributed by atoms with E-state index in [4.69, 9.17) is 0 Å². The van der Waals surface area contributed by atoms with Crippen molar-refractivity contribution in [1.82, 2.24) is 15.5 Å². The van der Waals surface area contributed by atoms with Crippen molar-refractivity contribution in [1.29, 1.82) is 0 Å². The van der Waals surface area contributed by atoms with E-state index in [1.54, 1.807) is 6.92 Å². The van der Waals surface area contributed by atoms with E-state index in [-0.39, 0.29) is 11.4 Å². The van der Waals surface area contributed by atoms with Gasteiger partial charge in [0.05, 0.1) is 6.04 Å². The summed E-state index contributed by atoms with van der Waals surface area (Å²) in [7, 11) is 0. The summed E-state index contributed by atoms with van der Waals surface area (Å²) in [6.45, 7) is 1.66. The van der Waals surface area contributed by atoms with E-state index >= 15 is 0 Å². The van der Waals surface area contributed by atoms with Crippen molar-refractivity contribution in [2.45, 2.75) is 19.3 Å². The van der Waals surface area contributed by atoms with Crippen molar-refractivity contribution in [3.05, 3.63) is 58.0 Å². The molecule has 1 unspecified atom stereocenters. The van der Waals surface area contributed by atoms with Crippen LogP contribution >= 0.6 is 0 Å². The number of H-pyrrole nitrogens is 1. The van der Waals surface area contributed by atoms with Crippen molar-refractivity contribution in [3.63, 3.8) is 0 Å². The molecule has 23 heavy (non-hydrogen) atoms. The van der Waals surface area contributed by atoms with Crippen LogP contribution in [0.4, 0.5) is 13.2 Å². The molecule has 9 heteroatoms. The number of halogens is 3. The summed E-state index contributed by atoms with van der Waals surface area (Å²) in [6, 6.07) is 7.08. The quantitative estimate of drug-likeness (QED) is 0.901. The van der Waals surface area contributed by atoms with Crippen LogP contribution in [-0.4, -0.2) is 22.5 Å². The number of aromatic nitrogens is 2. The van der Waals surface area contributed by atoms with Crippen LogP contribution in [0.1, 0.15) is 29.0 Å². The van der Waals surface area contributed by atoms with Crippen molar-refractivity contribution in [2.75, 3.05) is 0 Å². The Bertz CT molecular complexity index is 721. The standard InChI is InChI=1S/C14H12F3N3O3/c1-8(18-13(22)11-6-7-12(21)20-19-11)9-2-4-10(5-3-9)23-14(15,16)17/h2-8H,1H3,(H,18,22)(H,20,21). The number of hydrogen-bond acceptors (Lipinski definition) is 4. The molecule has 1 atom stereocenters. The molecule has 2 N–H and O–H groups in total. The first-order chi connectivity index (χ1) is 10.7. The van der Waals surface area contributed by atoms with Gasteiger partial charge in [0.2, 0.25) is 0 Å². The second-order valence-electron chi connectivity index (χ2n) is 4.62. The van der Waals surface area contributed by atoms with Crippen molar-refractivity contribution in [3.8, 4) is 5.75 Å². The Kier molecular flexibility index (Phi) is 4.68. The maximum Gasteiger partial charge on any atom is 0.573 e. The first kappa shape index (κ1) is 16.5. The van der Waals surface area contributed by atoms with Gasteiger partial charge in [-0.05, 0) is 30.7 Å². The van der Waals surface area contributed by atoms with E-state index < -0.39 is 23.9 Å². The lowest BCUT2D eigenvalue weighted by Crippen LogP contribution is -2.28. The maximum atomic E-state index is 12.1. The molecule has 0 aliphatic rings. The molecular weight excluding hydrogens is 315 g/mol. The third kappa shape index (κ3) is 4.83. The van der Waals surface area contributed by atoms with Gasteiger partial charge in [-0.3, -0.25) is 9.59 Å². The van der Waals surface area contributed by atoms with E-state index in [1.165, 1.54) is 18.2 Å². The minimum Gasteiger partial charge on any atom is -0.406 e. The number of nitrogens with one attached hydrogen (secondary N) is 2. The second-order valence-corrected chi connectivity index (χ2v) is 4.62. The van der Waals surface area contributed by atoms with E-state index in [9.17, 15) is 22.8 Å². The van der Waals surface area contributed by atoms with Crippen LogP contribution < -0.4 is 15.6 Å². The minimum atomic E-state index is -4.75. The molecule has 0 aliphatic carbocycles. The Balaban J connectivity index is 2.02. The highest BCUT2D eigenvalue weighted by molar-refractivity contribution is 5.92. The summed E-state index contributed by atoms with van der Waals surface area (Å²) in [5.74, 6) is -0.869. The normalized spacial score (nSPS) is 12.5. The zero-order valence-corrected chi connectivity index (χ0v) is 11.8. The third-order valence-corrected chi connectivity index (χ3v) is 2.87. The van der Waals surface area contributed by atoms with Gasteiger partial charge in [-0.1, -0.05) is 12.1 Å². The molecule has 0 aliphatic heterocycles. The number of amides is 1. The molecule has 0 radical (unpaired) electrons. The summed E-state index contributed by atoms with van der Waals surface area (Å²) in [4.78, 5) is 22.8. The molecule has 122 valence electrons. The number of aromatic amines is 1. The number of alkyl halides is 3. The first-order valence-corrected chi connectivity index (χ1v) is 6.47. The number of carbonyl (C=O) groups excluding carboxylic acids is 1. The Hall–Kier alpha value is -2.84. The van der Waals surface area contributed by atoms with Crippen LogP contribution in [-0.2, 0) is 0 Å². The second kappa shape index (κ2) is 6.51. The van der Waals surface area contributed by atoms with E-state index in [0.29, 0.717) is 5.56 Å². The topological polar surface area (TPSA) is 84.1 Å². The van der Waals surface area contributed by atoms with Gasteiger partial charge in [0, 0.05) is 6.07 Å². The SMILES string of the molecule is CC(NC(=O)c1ccc(=O)[nH]n1)c1ccc(OC(F)(F)F)cc1. The molecule has 0 bridgehead atoms. The minimum absolute atomic E-state index is 0.0217. The Labute approximate surface area is 128 Å². The van der Waals surface area contributed by atoms with Gasteiger partial charge in [0.15, 0.2) is 0 Å². The molecule has 1 aromatic carbocycles. The van der Waals surface area contributed by atoms with Crippen LogP contribution in [0.2, 0.25) is 0 Å². The van der Waals surface area contributed by atoms with Crippen LogP contribution in [0.15, 0.2) is 41.2 Å². The van der Waals surface area contributed by atoms with Crippen molar-refractivity contribution < 1.29 is 22.7 Å². The number of hydrogen-bond donors (Lipinski definition) is 2. The average molecular weight is 327 g/mol. The van der Waals surface area contributed by atoms with E-state index in [2.05, 4.69) is 20.3 Å². The molecule has 0 fully saturated rings. The molecule has 2 rings (SSSR count). The predicted molar refractivity (Wildman–Crippen MR) is 73.9 cm³/mol. The van der Waals surface area contributed by atoms with Gasteiger partial charge in [-0.15, -0.1) is 13.2 Å². The lowest BCUT2D eigenvalue weighted by Gasteiger charge is -2.15. The fourth-order valence-corrected chi connectivity index (χ4v) is 1.78. The number of carbonyl (C=O) groups is 1. The summed E-state index contributed by atoms with van der Waals surface area (Å²) < 4.78 is 40.0. The van der Waals surface area contributed by atoms with Gasteiger partial charge in [-0.2, -0.15) is 5.10 Å². The molecule has 0 saturated heterocycles. The molecule has 1 amide bonds. The first-order valence-electron chi connectivity index (χ1n) is 6.47. The number of nitrogens with zero attached hydrogens (tertiary/aromatic N) is 1. The molecule has 6 nitrogen and oxygen atoms in total. The van der Waals surface area contributed by atoms with Gasteiger partial charge in [0.1, 0.15) is 11.4 Å². The van der Waals surface area contributed by atoms with Crippen LogP contribution in [0.5, 0.6) is 5.75 Å². The lowest BCUT2D eigenvalue weighted by molar-refractivity contribution is -0.274. The maximum absolute atomic E-state index is 12.1. The Morgan fingerprint density at radius 3 is 2.39 bits per heavy atom. The molecule has 2 aromatic rings. The smallest absolute Gasteiger partial charge is 0.406 e. The molecule has 1 aromatic heterocycles. The molecular formula is C14H12F3N3O3. The van der Waals surface area contributed by atoms with Crippen LogP contribution in [0.3, 0.4) is 0 Å². The van der Waals surface area contributed by atoms with E-state index in [0.717, 1.165) is 18.2 Å². The zero-order chi connectivity index (χ0) is 17.0. The highest BCUT2D eigenvalue weighted by atomic mass is 19.4. The molecule has 0 spiro atoms. The predicted octanol–water partition coefficient (Wildman–Crippen LogP) is 2.16. The summed E-state index contributed by atoms with van der Waals surface area (Å²) >= 11 is 0. The Morgan fingerprint density at radius 2 is 1.87 bits per heavy atom. The Morgan fingerprint density at radius 1 is 1.22 bits per heavy atom. The largest absolute Gasteiger partial charge is 0.573 e. The van der Waals surface area contributed by atoms with Crippen LogP contribution in [0.25, 0.3) is 0 Å². The van der Waals surface area contributed by atoms with Crippen molar-refractivity contribution in [2.24, 2.45) is 0 Å². The summed E-state index contributed by atoms with van der Waals surface area (Å²) in [6.07, 6.45) is -4.75. The number of ether oxygens (including phenoxy) is 1. The molecule has 1 heterocycles. The lowest BCUT2D eigenvalue weighted by atomic mass is 10.1. The third-order valence-electron chi connectivity index (χ3n) is 2.87. The van der Waals surface area contributed by atoms with E-state index in [1.807, 2.05) is 0 Å². The highest BCUT2D eigenvalue weighted by Gasteiger charge is 2.31. The van der Waals surface area contributed by atoms with Crippen LogP contribution in [0, 0.1) is 0 Å². The van der Waals surface area contributed by atoms with Gasteiger partial charge in [0.25, 0.3) is 11.5 Å². The highest BCUT2D eigenvalue weighted by Crippen LogP contribution is 2.24. The summed E-state index contributed by atoms with van der Waals surface area (Å²) in [5, 5.41) is 8.33. The fourth-order valence-electron chi connectivity index (χ4n) is 1.78. The van der Waals surface area contributed by atoms with Gasteiger partial charge < -0.3 is 10.1 Å². The average Bonchev–Trinajstić information content (AvgIpc) is 2.46. The van der Waals surface area contributed by atoms with Crippen molar-refractivity contribution >= 4 is 5.91 Å². The number of rotatable bonds is 4.